The molecule has 0 amide bonds. The molecule has 0 bridgehead atoms. The number of amidine groups is 1. The van der Waals surface area contributed by atoms with Crippen molar-refractivity contribution in [3.8, 4) is 5.69 Å². The van der Waals surface area contributed by atoms with E-state index in [9.17, 15) is 14.5 Å². The predicted molar refractivity (Wildman–Crippen MR) is 124 cm³/mol. The predicted octanol–water partition coefficient (Wildman–Crippen LogP) is 5.34. The molecule has 0 saturated carbocycles. The summed E-state index contributed by atoms with van der Waals surface area (Å²) >= 11 is 0. The second kappa shape index (κ2) is 7.98. The summed E-state index contributed by atoms with van der Waals surface area (Å²) in [5, 5.41) is 16.2. The van der Waals surface area contributed by atoms with Crippen LogP contribution in [0.5, 0.6) is 0 Å². The molecule has 8 heteroatoms. The second-order valence-electron chi connectivity index (χ2n) is 7.85. The van der Waals surface area contributed by atoms with Crippen LogP contribution >= 0.6 is 0 Å². The summed E-state index contributed by atoms with van der Waals surface area (Å²) in [5.41, 5.74) is 3.42. The van der Waals surface area contributed by atoms with Gasteiger partial charge in [0.15, 0.2) is 5.82 Å². The molecule has 1 aliphatic rings. The third kappa shape index (κ3) is 3.45. The Morgan fingerprint density at radius 2 is 1.73 bits per heavy atom. The van der Waals surface area contributed by atoms with Gasteiger partial charge in [-0.3, -0.25) is 10.1 Å². The minimum absolute atomic E-state index is 0.00879. The van der Waals surface area contributed by atoms with Gasteiger partial charge in [-0.15, -0.1) is 0 Å². The van der Waals surface area contributed by atoms with Crippen LogP contribution in [0.2, 0.25) is 0 Å². The van der Waals surface area contributed by atoms with Crippen LogP contribution in [0.1, 0.15) is 28.4 Å². The fraction of sp³-hybridized carbons (Fsp3) is 0.120. The number of aromatic nitrogens is 2. The molecule has 164 valence electrons. The van der Waals surface area contributed by atoms with Gasteiger partial charge < -0.3 is 4.90 Å². The van der Waals surface area contributed by atoms with Crippen molar-refractivity contribution in [1.29, 1.82) is 0 Å². The van der Waals surface area contributed by atoms with Crippen molar-refractivity contribution in [2.24, 2.45) is 4.99 Å². The molecule has 1 aromatic heterocycles. The Labute approximate surface area is 189 Å². The van der Waals surface area contributed by atoms with Crippen molar-refractivity contribution in [3.05, 3.63) is 117 Å². The molecule has 0 radical (unpaired) electrons. The summed E-state index contributed by atoms with van der Waals surface area (Å²) in [6, 6.07) is 22.1. The first kappa shape index (κ1) is 20.6. The largest absolute Gasteiger partial charge is 0.348 e. The average molecular weight is 441 g/mol. The number of hydrogen-bond acceptors (Lipinski definition) is 5. The molecule has 4 aromatic rings. The zero-order valence-electron chi connectivity index (χ0n) is 18.0. The van der Waals surface area contributed by atoms with E-state index in [2.05, 4.69) is 0 Å². The highest BCUT2D eigenvalue weighted by atomic mass is 19.1. The number of hydrogen-bond donors (Lipinski definition) is 0. The third-order valence-corrected chi connectivity index (χ3v) is 5.80. The van der Waals surface area contributed by atoms with Crippen LogP contribution in [0.4, 0.5) is 15.9 Å². The zero-order valence-corrected chi connectivity index (χ0v) is 18.0. The lowest BCUT2D eigenvalue weighted by Crippen LogP contribution is -2.36. The first-order valence-electron chi connectivity index (χ1n) is 10.4. The van der Waals surface area contributed by atoms with E-state index < -0.39 is 16.8 Å². The minimum atomic E-state index is -0.440. The van der Waals surface area contributed by atoms with E-state index in [-0.39, 0.29) is 5.69 Å². The van der Waals surface area contributed by atoms with E-state index in [4.69, 9.17) is 10.1 Å². The van der Waals surface area contributed by atoms with Gasteiger partial charge in [-0.1, -0.05) is 42.5 Å². The van der Waals surface area contributed by atoms with Gasteiger partial charge in [0.1, 0.15) is 11.7 Å². The monoisotopic (exact) mass is 441 g/mol. The Hall–Kier alpha value is -4.33. The highest BCUT2D eigenvalue weighted by Gasteiger charge is 2.36. The summed E-state index contributed by atoms with van der Waals surface area (Å²) in [6.45, 7) is 1.89. The summed E-state index contributed by atoms with van der Waals surface area (Å²) in [7, 11) is 1.82. The molecule has 1 aliphatic heterocycles. The molecule has 3 aromatic carbocycles. The lowest BCUT2D eigenvalue weighted by atomic mass is 9.94. The molecule has 0 unspecified atom stereocenters. The normalized spacial score (nSPS) is 15.2. The third-order valence-electron chi connectivity index (χ3n) is 5.80. The molecule has 7 nitrogen and oxygen atoms in total. The van der Waals surface area contributed by atoms with Crippen LogP contribution in [0.15, 0.2) is 83.9 Å². The molecular weight excluding hydrogens is 421 g/mol. The number of nitro groups is 1. The number of aryl methyl sites for hydroxylation is 1. The molecule has 2 heterocycles. The van der Waals surface area contributed by atoms with Gasteiger partial charge >= 0.3 is 0 Å². The maximum absolute atomic E-state index is 14.8. The van der Waals surface area contributed by atoms with E-state index in [1.807, 2.05) is 55.3 Å². The molecule has 5 rings (SSSR count). The van der Waals surface area contributed by atoms with Crippen LogP contribution in [-0.2, 0) is 0 Å². The van der Waals surface area contributed by atoms with Crippen LogP contribution in [-0.4, -0.2) is 32.5 Å². The van der Waals surface area contributed by atoms with Crippen molar-refractivity contribution >= 4 is 17.3 Å². The maximum Gasteiger partial charge on any atom is 0.269 e. The second-order valence-corrected chi connectivity index (χ2v) is 7.85. The van der Waals surface area contributed by atoms with E-state index in [1.165, 1.54) is 12.1 Å². The topological polar surface area (TPSA) is 76.6 Å². The molecule has 33 heavy (non-hydrogen) atoms. The highest BCUT2D eigenvalue weighted by molar-refractivity contribution is 6.02. The van der Waals surface area contributed by atoms with Crippen LogP contribution in [0.25, 0.3) is 5.69 Å². The van der Waals surface area contributed by atoms with Gasteiger partial charge in [0.05, 0.1) is 27.9 Å². The van der Waals surface area contributed by atoms with Gasteiger partial charge in [0, 0.05) is 24.7 Å². The number of non-ortho nitro benzene ring substituents is 1. The van der Waals surface area contributed by atoms with Crippen molar-refractivity contribution < 1.29 is 9.31 Å². The van der Waals surface area contributed by atoms with Gasteiger partial charge in [0.2, 0.25) is 0 Å². The number of benzene rings is 3. The number of nitrogens with zero attached hydrogens (tertiary/aromatic N) is 5. The summed E-state index contributed by atoms with van der Waals surface area (Å²) in [4.78, 5) is 17.7. The Bertz CT molecular complexity index is 1400. The molecule has 0 aliphatic carbocycles. The fourth-order valence-corrected chi connectivity index (χ4v) is 4.29. The Balaban J connectivity index is 1.79. The number of aliphatic imine (C=N–C) groups is 1. The van der Waals surface area contributed by atoms with Crippen molar-refractivity contribution in [1.82, 2.24) is 14.7 Å². The Morgan fingerprint density at radius 3 is 2.45 bits per heavy atom. The molecule has 0 spiro atoms. The Kier molecular flexibility index (Phi) is 4.97. The van der Waals surface area contributed by atoms with Gasteiger partial charge in [-0.05, 0) is 36.8 Å². The zero-order chi connectivity index (χ0) is 23.1. The highest BCUT2D eigenvalue weighted by Crippen LogP contribution is 2.43. The van der Waals surface area contributed by atoms with Crippen molar-refractivity contribution in [2.75, 3.05) is 7.05 Å². The van der Waals surface area contributed by atoms with E-state index in [0.717, 1.165) is 16.9 Å². The number of nitro benzene ring substituents is 1. The van der Waals surface area contributed by atoms with E-state index >= 15 is 0 Å². The van der Waals surface area contributed by atoms with Gasteiger partial charge in [-0.25, -0.2) is 14.1 Å². The molecule has 0 saturated heterocycles. The number of fused-ring (bicyclic) bond motifs is 1. The van der Waals surface area contributed by atoms with E-state index in [0.29, 0.717) is 22.8 Å². The SMILES string of the molecule is Cc1nn(-c2ccccc2)c2c1[C@H](c1cccc([N+](=O)[O-])c1)N(C)C(c1ccccc1F)=N2. The van der Waals surface area contributed by atoms with Crippen molar-refractivity contribution in [2.45, 2.75) is 13.0 Å². The molecule has 0 fully saturated rings. The lowest BCUT2D eigenvalue weighted by molar-refractivity contribution is -0.384. The quantitative estimate of drug-likeness (QED) is 0.316. The molecule has 0 N–H and O–H groups in total. The maximum atomic E-state index is 14.8. The van der Waals surface area contributed by atoms with Crippen LogP contribution in [0, 0.1) is 22.9 Å². The van der Waals surface area contributed by atoms with Crippen molar-refractivity contribution in [3.63, 3.8) is 0 Å². The van der Waals surface area contributed by atoms with Crippen LogP contribution in [0.3, 0.4) is 0 Å². The minimum Gasteiger partial charge on any atom is -0.348 e. The number of halogens is 1. The lowest BCUT2D eigenvalue weighted by Gasteiger charge is -2.35. The molecule has 1 atom stereocenters. The van der Waals surface area contributed by atoms with Crippen LogP contribution < -0.4 is 0 Å². The smallest absolute Gasteiger partial charge is 0.269 e. The van der Waals surface area contributed by atoms with Gasteiger partial charge in [-0.2, -0.15) is 5.10 Å². The summed E-state index contributed by atoms with van der Waals surface area (Å²) < 4.78 is 16.6. The number of rotatable bonds is 4. The first-order chi connectivity index (χ1) is 16.0. The van der Waals surface area contributed by atoms with Gasteiger partial charge in [0.25, 0.3) is 5.69 Å². The molecular formula is C25H20FN5O2. The number of para-hydroxylation sites is 1. The Morgan fingerprint density at radius 1 is 1.00 bits per heavy atom. The summed E-state index contributed by atoms with van der Waals surface area (Å²) in [6.07, 6.45) is 0. The summed E-state index contributed by atoms with van der Waals surface area (Å²) in [5.74, 6) is 0.604. The van der Waals surface area contributed by atoms with E-state index in [1.54, 1.807) is 35.0 Å². The first-order valence-corrected chi connectivity index (χ1v) is 10.4. The average Bonchev–Trinajstić information content (AvgIpc) is 3.15. The standard InChI is InChI=1S/C25H20FN5O2/c1-16-22-23(17-9-8-12-19(15-17)31(32)33)29(2)24(20-13-6-7-14-21(20)26)27-25(22)30(28-16)18-10-4-3-5-11-18/h3-15,23H,1-2H3/t23-/m0/s1. The fourth-order valence-electron chi connectivity index (χ4n) is 4.29.